The van der Waals surface area contributed by atoms with Crippen LogP contribution >= 0.6 is 0 Å². The van der Waals surface area contributed by atoms with Crippen LogP contribution in [0.2, 0.25) is 0 Å². The molecule has 0 saturated carbocycles. The SMILES string of the molecule is O=C(O)Cc1cccc(CCCCCCO)c1. The molecule has 2 N–H and O–H groups in total. The highest BCUT2D eigenvalue weighted by molar-refractivity contribution is 5.70. The van der Waals surface area contributed by atoms with Gasteiger partial charge < -0.3 is 10.2 Å². The minimum atomic E-state index is -0.787. The zero-order chi connectivity index (χ0) is 12.5. The van der Waals surface area contributed by atoms with Gasteiger partial charge in [-0.15, -0.1) is 0 Å². The summed E-state index contributed by atoms with van der Waals surface area (Å²) in [4.78, 5) is 10.6. The van der Waals surface area contributed by atoms with Crippen molar-refractivity contribution in [3.05, 3.63) is 35.4 Å². The maximum absolute atomic E-state index is 10.6. The molecule has 0 fully saturated rings. The average Bonchev–Trinajstić information content (AvgIpc) is 2.28. The van der Waals surface area contributed by atoms with E-state index in [4.69, 9.17) is 10.2 Å². The van der Waals surface area contributed by atoms with Gasteiger partial charge >= 0.3 is 5.97 Å². The molecule has 0 saturated heterocycles. The fraction of sp³-hybridized carbons (Fsp3) is 0.500. The van der Waals surface area contributed by atoms with Crippen LogP contribution in [0.3, 0.4) is 0 Å². The van der Waals surface area contributed by atoms with Crippen LogP contribution in [0.15, 0.2) is 24.3 Å². The summed E-state index contributed by atoms with van der Waals surface area (Å²) in [6.07, 6.45) is 5.22. The highest BCUT2D eigenvalue weighted by Crippen LogP contribution is 2.11. The van der Waals surface area contributed by atoms with Crippen molar-refractivity contribution < 1.29 is 15.0 Å². The van der Waals surface area contributed by atoms with E-state index in [1.165, 1.54) is 5.56 Å². The minimum Gasteiger partial charge on any atom is -0.481 e. The number of hydrogen-bond donors (Lipinski definition) is 2. The fourth-order valence-electron chi connectivity index (χ4n) is 1.86. The molecule has 94 valence electrons. The average molecular weight is 236 g/mol. The van der Waals surface area contributed by atoms with E-state index in [0.717, 1.165) is 37.7 Å². The van der Waals surface area contributed by atoms with Crippen molar-refractivity contribution in [1.29, 1.82) is 0 Å². The highest BCUT2D eigenvalue weighted by Gasteiger charge is 2.01. The highest BCUT2D eigenvalue weighted by atomic mass is 16.4. The van der Waals surface area contributed by atoms with Crippen molar-refractivity contribution >= 4 is 5.97 Å². The molecule has 0 aromatic heterocycles. The van der Waals surface area contributed by atoms with Gasteiger partial charge in [0, 0.05) is 6.61 Å². The lowest BCUT2D eigenvalue weighted by molar-refractivity contribution is -0.136. The third-order valence-electron chi connectivity index (χ3n) is 2.72. The first-order chi connectivity index (χ1) is 8.22. The molecule has 0 unspecified atom stereocenters. The molecule has 1 aromatic carbocycles. The molecular weight excluding hydrogens is 216 g/mol. The van der Waals surface area contributed by atoms with Gasteiger partial charge in [0.1, 0.15) is 0 Å². The number of unbranched alkanes of at least 4 members (excludes halogenated alkanes) is 3. The van der Waals surface area contributed by atoms with Crippen LogP contribution in [0.25, 0.3) is 0 Å². The molecule has 0 heterocycles. The van der Waals surface area contributed by atoms with Crippen LogP contribution < -0.4 is 0 Å². The monoisotopic (exact) mass is 236 g/mol. The molecular formula is C14H20O3. The molecule has 0 aliphatic heterocycles. The van der Waals surface area contributed by atoms with Crippen LogP contribution in [0.1, 0.15) is 36.8 Å². The molecule has 3 heteroatoms. The molecule has 3 nitrogen and oxygen atoms in total. The fourth-order valence-corrected chi connectivity index (χ4v) is 1.86. The van der Waals surface area contributed by atoms with Gasteiger partial charge in [-0.25, -0.2) is 0 Å². The Kier molecular flexibility index (Phi) is 6.33. The molecule has 17 heavy (non-hydrogen) atoms. The van der Waals surface area contributed by atoms with E-state index < -0.39 is 5.97 Å². The number of aliphatic carboxylic acids is 1. The van der Waals surface area contributed by atoms with Gasteiger partial charge in [0.25, 0.3) is 0 Å². The zero-order valence-corrected chi connectivity index (χ0v) is 10.1. The Bertz CT molecular complexity index is 347. The van der Waals surface area contributed by atoms with Crippen LogP contribution in [0, 0.1) is 0 Å². The predicted molar refractivity (Wildman–Crippen MR) is 67.0 cm³/mol. The molecule has 1 aromatic rings. The molecule has 0 aliphatic carbocycles. The van der Waals surface area contributed by atoms with Crippen molar-refractivity contribution in [2.24, 2.45) is 0 Å². The van der Waals surface area contributed by atoms with Crippen LogP contribution in [0.4, 0.5) is 0 Å². The zero-order valence-electron chi connectivity index (χ0n) is 10.1. The van der Waals surface area contributed by atoms with Gasteiger partial charge in [-0.1, -0.05) is 37.1 Å². The molecule has 1 rings (SSSR count). The van der Waals surface area contributed by atoms with Crippen LogP contribution in [-0.2, 0) is 17.6 Å². The summed E-state index contributed by atoms with van der Waals surface area (Å²) in [5, 5.41) is 17.4. The number of rotatable bonds is 8. The smallest absolute Gasteiger partial charge is 0.307 e. The standard InChI is InChI=1S/C14H20O3/c15-9-4-2-1-3-6-12-7-5-8-13(10-12)11-14(16)17/h5,7-8,10,15H,1-4,6,9,11H2,(H,16,17). The Morgan fingerprint density at radius 1 is 1.06 bits per heavy atom. The number of carboxylic acid groups (broad SMARTS) is 1. The first kappa shape index (κ1) is 13.7. The van der Waals surface area contributed by atoms with E-state index in [2.05, 4.69) is 0 Å². The number of aliphatic hydroxyl groups excluding tert-OH is 1. The Morgan fingerprint density at radius 3 is 2.47 bits per heavy atom. The summed E-state index contributed by atoms with van der Waals surface area (Å²) in [7, 11) is 0. The second-order valence-corrected chi connectivity index (χ2v) is 4.28. The van der Waals surface area contributed by atoms with Gasteiger partial charge in [0.05, 0.1) is 6.42 Å². The maximum atomic E-state index is 10.6. The second kappa shape index (κ2) is 7.85. The third-order valence-corrected chi connectivity index (χ3v) is 2.72. The summed E-state index contributed by atoms with van der Waals surface area (Å²) in [6, 6.07) is 7.78. The van der Waals surface area contributed by atoms with Crippen molar-refractivity contribution in [2.75, 3.05) is 6.61 Å². The lowest BCUT2D eigenvalue weighted by Gasteiger charge is -2.04. The largest absolute Gasteiger partial charge is 0.481 e. The van der Waals surface area contributed by atoms with E-state index in [-0.39, 0.29) is 13.0 Å². The number of aryl methyl sites for hydroxylation is 1. The topological polar surface area (TPSA) is 57.5 Å². The van der Waals surface area contributed by atoms with Gasteiger partial charge in [-0.05, 0) is 30.4 Å². The second-order valence-electron chi connectivity index (χ2n) is 4.28. The third kappa shape index (κ3) is 6.07. The number of benzene rings is 1. The molecule has 0 bridgehead atoms. The van der Waals surface area contributed by atoms with Crippen molar-refractivity contribution in [1.82, 2.24) is 0 Å². The van der Waals surface area contributed by atoms with E-state index in [9.17, 15) is 4.79 Å². The summed E-state index contributed by atoms with van der Waals surface area (Å²) in [5.74, 6) is -0.787. The van der Waals surface area contributed by atoms with Gasteiger partial charge in [-0.2, -0.15) is 0 Å². The van der Waals surface area contributed by atoms with Crippen molar-refractivity contribution in [3.63, 3.8) is 0 Å². The van der Waals surface area contributed by atoms with E-state index in [0.29, 0.717) is 0 Å². The molecule has 0 aliphatic rings. The molecule has 0 radical (unpaired) electrons. The molecule has 0 amide bonds. The normalized spacial score (nSPS) is 10.4. The quantitative estimate of drug-likeness (QED) is 0.681. The molecule has 0 spiro atoms. The maximum Gasteiger partial charge on any atom is 0.307 e. The van der Waals surface area contributed by atoms with Crippen LogP contribution in [-0.4, -0.2) is 22.8 Å². The number of carboxylic acids is 1. The summed E-state index contributed by atoms with van der Waals surface area (Å²) >= 11 is 0. The van der Waals surface area contributed by atoms with E-state index >= 15 is 0 Å². The summed E-state index contributed by atoms with van der Waals surface area (Å²) < 4.78 is 0. The minimum absolute atomic E-state index is 0.0956. The number of carbonyl (C=O) groups is 1. The van der Waals surface area contributed by atoms with Gasteiger partial charge in [0.2, 0.25) is 0 Å². The van der Waals surface area contributed by atoms with E-state index in [1.807, 2.05) is 24.3 Å². The Labute approximate surface area is 102 Å². The first-order valence-electron chi connectivity index (χ1n) is 6.13. The number of hydrogen-bond acceptors (Lipinski definition) is 2. The van der Waals surface area contributed by atoms with E-state index in [1.54, 1.807) is 0 Å². The summed E-state index contributed by atoms with van der Waals surface area (Å²) in [5.41, 5.74) is 2.07. The Morgan fingerprint density at radius 2 is 1.76 bits per heavy atom. The Hall–Kier alpha value is -1.35. The predicted octanol–water partition coefficient (Wildman–Crippen LogP) is 2.41. The first-order valence-corrected chi connectivity index (χ1v) is 6.13. The van der Waals surface area contributed by atoms with Gasteiger partial charge in [0.15, 0.2) is 0 Å². The lowest BCUT2D eigenvalue weighted by atomic mass is 10.0. The van der Waals surface area contributed by atoms with Gasteiger partial charge in [-0.3, -0.25) is 4.79 Å². The van der Waals surface area contributed by atoms with Crippen molar-refractivity contribution in [3.8, 4) is 0 Å². The summed E-state index contributed by atoms with van der Waals surface area (Å²) in [6.45, 7) is 0.272. The number of aliphatic hydroxyl groups is 1. The van der Waals surface area contributed by atoms with Crippen LogP contribution in [0.5, 0.6) is 0 Å². The Balaban J connectivity index is 2.35. The van der Waals surface area contributed by atoms with Crippen molar-refractivity contribution in [2.45, 2.75) is 38.5 Å². The molecule has 0 atom stereocenters. The lowest BCUT2D eigenvalue weighted by Crippen LogP contribution is -2.00.